The molecule has 0 atom stereocenters. The number of nitrogens with one attached hydrogen (secondary N) is 1. The third-order valence-corrected chi connectivity index (χ3v) is 5.06. The summed E-state index contributed by atoms with van der Waals surface area (Å²) in [6, 6.07) is 0. The molecule has 1 aliphatic rings. The summed E-state index contributed by atoms with van der Waals surface area (Å²) in [5.74, 6) is -0.141. The quantitative estimate of drug-likeness (QED) is 0.860. The Morgan fingerprint density at radius 2 is 2.25 bits per heavy atom. The Bertz CT molecular complexity index is 556. The number of hydrogen-bond acceptors (Lipinski definition) is 6. The molecule has 7 heteroatoms. The molecule has 0 saturated carbocycles. The average molecular weight is 308 g/mol. The van der Waals surface area contributed by atoms with Gasteiger partial charge in [-0.05, 0) is 43.6 Å². The zero-order valence-corrected chi connectivity index (χ0v) is 12.7. The van der Waals surface area contributed by atoms with Gasteiger partial charge in [-0.3, -0.25) is 4.79 Å². The van der Waals surface area contributed by atoms with E-state index in [9.17, 15) is 4.79 Å². The van der Waals surface area contributed by atoms with Crippen LogP contribution < -0.4 is 5.32 Å². The average Bonchev–Trinajstić information content (AvgIpc) is 3.11. The molecule has 0 spiro atoms. The lowest BCUT2D eigenvalue weighted by Crippen LogP contribution is -2.25. The number of amides is 1. The van der Waals surface area contributed by atoms with E-state index in [4.69, 9.17) is 4.98 Å². The van der Waals surface area contributed by atoms with Crippen LogP contribution in [0.25, 0.3) is 0 Å². The van der Waals surface area contributed by atoms with Crippen LogP contribution in [0.15, 0.2) is 5.38 Å². The summed E-state index contributed by atoms with van der Waals surface area (Å²) in [6.45, 7) is 0.653. The second-order valence-corrected chi connectivity index (χ2v) is 6.61. The van der Waals surface area contributed by atoms with Crippen LogP contribution in [0.1, 0.15) is 45.3 Å². The van der Waals surface area contributed by atoms with Crippen molar-refractivity contribution in [2.24, 2.45) is 0 Å². The number of nitrogens with zero attached hydrogens (tertiary/aromatic N) is 3. The molecule has 0 unspecified atom stereocenters. The van der Waals surface area contributed by atoms with E-state index < -0.39 is 0 Å². The van der Waals surface area contributed by atoms with Gasteiger partial charge in [0.25, 0.3) is 5.91 Å². The lowest BCUT2D eigenvalue weighted by atomic mass is 10.0. The Kier molecular flexibility index (Phi) is 4.37. The van der Waals surface area contributed by atoms with Gasteiger partial charge in [0.15, 0.2) is 5.69 Å². The van der Waals surface area contributed by atoms with Gasteiger partial charge in [-0.25, -0.2) is 4.98 Å². The number of rotatable bonds is 5. The molecule has 2 heterocycles. The highest BCUT2D eigenvalue weighted by atomic mass is 32.1. The fourth-order valence-corrected chi connectivity index (χ4v) is 3.94. The summed E-state index contributed by atoms with van der Waals surface area (Å²) in [6.07, 6.45) is 6.75. The molecule has 0 fully saturated rings. The zero-order chi connectivity index (χ0) is 13.8. The Labute approximate surface area is 125 Å². The number of aromatic nitrogens is 3. The maximum absolute atomic E-state index is 11.7. The Morgan fingerprint density at radius 3 is 3.05 bits per heavy atom. The predicted molar refractivity (Wildman–Crippen MR) is 79.3 cm³/mol. The zero-order valence-electron chi connectivity index (χ0n) is 11.1. The Morgan fingerprint density at radius 1 is 1.35 bits per heavy atom. The molecule has 0 aliphatic heterocycles. The number of hydrogen-bond donors (Lipinski definition) is 1. The highest BCUT2D eigenvalue weighted by Crippen LogP contribution is 2.27. The normalized spacial score (nSPS) is 14.0. The largest absolute Gasteiger partial charge is 0.351 e. The smallest absolute Gasteiger partial charge is 0.272 e. The minimum Gasteiger partial charge on any atom is -0.351 e. The number of carbonyl (C=O) groups is 1. The van der Waals surface area contributed by atoms with Crippen LogP contribution in [-0.2, 0) is 19.3 Å². The van der Waals surface area contributed by atoms with Crippen molar-refractivity contribution < 1.29 is 4.79 Å². The van der Waals surface area contributed by atoms with Gasteiger partial charge in [-0.1, -0.05) is 4.49 Å². The number of carbonyl (C=O) groups excluding carboxylic acids is 1. The van der Waals surface area contributed by atoms with Gasteiger partial charge in [-0.15, -0.1) is 16.4 Å². The molecule has 0 bridgehead atoms. The fourth-order valence-electron chi connectivity index (χ4n) is 2.31. The molecule has 0 aromatic carbocycles. The maximum atomic E-state index is 11.7. The molecule has 1 N–H and O–H groups in total. The van der Waals surface area contributed by atoms with Crippen LogP contribution in [0, 0.1) is 0 Å². The molecule has 0 radical (unpaired) electrons. The van der Waals surface area contributed by atoms with Crippen LogP contribution in [0.2, 0.25) is 0 Å². The van der Waals surface area contributed by atoms with Crippen molar-refractivity contribution in [2.75, 3.05) is 6.54 Å². The Balaban J connectivity index is 1.44. The molecule has 5 nitrogen and oxygen atoms in total. The molecule has 2 aromatic rings. The third kappa shape index (κ3) is 3.21. The van der Waals surface area contributed by atoms with Crippen LogP contribution in [0.4, 0.5) is 0 Å². The van der Waals surface area contributed by atoms with Crippen LogP contribution >= 0.6 is 22.9 Å². The van der Waals surface area contributed by atoms with Gasteiger partial charge in [0.2, 0.25) is 0 Å². The molecule has 0 saturated heterocycles. The van der Waals surface area contributed by atoms with E-state index in [1.54, 1.807) is 5.38 Å². The SMILES string of the molecule is O=C(NCCCc1nc2c(s1)CCCC2)c1csnn1. The van der Waals surface area contributed by atoms with Crippen molar-refractivity contribution in [3.05, 3.63) is 26.7 Å². The number of fused-ring (bicyclic) bond motifs is 1. The molecular weight excluding hydrogens is 292 g/mol. The first kappa shape index (κ1) is 13.6. The van der Waals surface area contributed by atoms with Gasteiger partial charge in [-0.2, -0.15) is 0 Å². The lowest BCUT2D eigenvalue weighted by Gasteiger charge is -2.06. The fraction of sp³-hybridized carbons (Fsp3) is 0.538. The van der Waals surface area contributed by atoms with Crippen molar-refractivity contribution in [2.45, 2.75) is 38.5 Å². The van der Waals surface area contributed by atoms with Crippen molar-refractivity contribution in [3.63, 3.8) is 0 Å². The van der Waals surface area contributed by atoms with Gasteiger partial charge in [0, 0.05) is 23.2 Å². The van der Waals surface area contributed by atoms with Crippen molar-refractivity contribution >= 4 is 28.8 Å². The summed E-state index contributed by atoms with van der Waals surface area (Å²) in [5, 5.41) is 9.47. The predicted octanol–water partition coefficient (Wildman–Crippen LogP) is 2.24. The summed E-state index contributed by atoms with van der Waals surface area (Å²) < 4.78 is 3.68. The van der Waals surface area contributed by atoms with Gasteiger partial charge in [0.1, 0.15) is 0 Å². The highest BCUT2D eigenvalue weighted by molar-refractivity contribution is 7.11. The summed E-state index contributed by atoms with van der Waals surface area (Å²) >= 11 is 3.04. The van der Waals surface area contributed by atoms with E-state index in [0.29, 0.717) is 12.2 Å². The van der Waals surface area contributed by atoms with E-state index >= 15 is 0 Å². The first-order chi connectivity index (χ1) is 9.83. The molecule has 20 heavy (non-hydrogen) atoms. The number of aryl methyl sites for hydroxylation is 3. The van der Waals surface area contributed by atoms with Crippen molar-refractivity contribution in [1.29, 1.82) is 0 Å². The molecule has 1 amide bonds. The van der Waals surface area contributed by atoms with Crippen LogP contribution in [0.5, 0.6) is 0 Å². The van der Waals surface area contributed by atoms with Gasteiger partial charge >= 0.3 is 0 Å². The molecule has 106 valence electrons. The molecule has 3 rings (SSSR count). The van der Waals surface area contributed by atoms with Crippen molar-refractivity contribution in [3.8, 4) is 0 Å². The standard InChI is InChI=1S/C13H16N4OS2/c18-13(10-8-19-17-16-10)14-7-3-6-12-15-9-4-1-2-5-11(9)20-12/h8H,1-7H2,(H,14,18). The van der Waals surface area contributed by atoms with Gasteiger partial charge in [0.05, 0.1) is 10.7 Å². The lowest BCUT2D eigenvalue weighted by molar-refractivity contribution is 0.0948. The monoisotopic (exact) mass is 308 g/mol. The van der Waals surface area contributed by atoms with E-state index in [-0.39, 0.29) is 5.91 Å². The summed E-state index contributed by atoms with van der Waals surface area (Å²) in [4.78, 5) is 17.8. The minimum atomic E-state index is -0.141. The summed E-state index contributed by atoms with van der Waals surface area (Å²) in [5.41, 5.74) is 1.72. The molecule has 1 aliphatic carbocycles. The van der Waals surface area contributed by atoms with E-state index in [0.717, 1.165) is 19.3 Å². The minimum absolute atomic E-state index is 0.141. The second kappa shape index (κ2) is 6.41. The third-order valence-electron chi connectivity index (χ3n) is 3.34. The van der Waals surface area contributed by atoms with Crippen LogP contribution in [-0.4, -0.2) is 27.0 Å². The van der Waals surface area contributed by atoms with E-state index in [1.165, 1.54) is 46.4 Å². The second-order valence-electron chi connectivity index (χ2n) is 4.83. The van der Waals surface area contributed by atoms with Crippen LogP contribution in [0.3, 0.4) is 0 Å². The first-order valence-corrected chi connectivity index (χ1v) is 8.51. The van der Waals surface area contributed by atoms with E-state index in [1.807, 2.05) is 11.3 Å². The Hall–Kier alpha value is -1.34. The van der Waals surface area contributed by atoms with Crippen molar-refractivity contribution in [1.82, 2.24) is 19.9 Å². The molecule has 2 aromatic heterocycles. The highest BCUT2D eigenvalue weighted by Gasteiger charge is 2.14. The summed E-state index contributed by atoms with van der Waals surface area (Å²) in [7, 11) is 0. The van der Waals surface area contributed by atoms with Gasteiger partial charge < -0.3 is 5.32 Å². The first-order valence-electron chi connectivity index (χ1n) is 6.85. The van der Waals surface area contributed by atoms with E-state index in [2.05, 4.69) is 14.9 Å². The molecular formula is C13H16N4OS2. The number of thiazole rings is 1. The topological polar surface area (TPSA) is 67.8 Å². The maximum Gasteiger partial charge on any atom is 0.272 e.